The van der Waals surface area contributed by atoms with Crippen molar-refractivity contribution in [2.45, 2.75) is 19.3 Å². The summed E-state index contributed by atoms with van der Waals surface area (Å²) in [4.78, 5) is 4.25. The van der Waals surface area contributed by atoms with Crippen LogP contribution < -0.4 is 5.73 Å². The Labute approximate surface area is 98.5 Å². The van der Waals surface area contributed by atoms with Crippen LogP contribution in [-0.2, 0) is 5.92 Å². The van der Waals surface area contributed by atoms with Crippen molar-refractivity contribution < 1.29 is 8.78 Å². The molecule has 90 valence electrons. The topological polar surface area (TPSA) is 38.9 Å². The van der Waals surface area contributed by atoms with Crippen molar-refractivity contribution in [3.05, 3.63) is 41.6 Å². The van der Waals surface area contributed by atoms with Gasteiger partial charge in [0.25, 0.3) is 5.92 Å². The number of rotatable bonds is 3. The Kier molecular flexibility index (Phi) is 3.07. The Hall–Kier alpha value is -1.55. The van der Waals surface area contributed by atoms with E-state index in [0.29, 0.717) is 16.6 Å². The molecule has 2 rings (SSSR count). The van der Waals surface area contributed by atoms with Gasteiger partial charge in [0.1, 0.15) is 0 Å². The molecular weight excluding hydrogens is 222 g/mol. The van der Waals surface area contributed by atoms with Crippen molar-refractivity contribution in [3.8, 4) is 0 Å². The normalized spacial score (nSPS) is 12.0. The summed E-state index contributed by atoms with van der Waals surface area (Å²) >= 11 is 0. The number of para-hydroxylation sites is 1. The first-order chi connectivity index (χ1) is 8.04. The molecule has 0 saturated carbocycles. The van der Waals surface area contributed by atoms with Crippen LogP contribution in [0.5, 0.6) is 0 Å². The summed E-state index contributed by atoms with van der Waals surface area (Å²) in [5.74, 6) is -2.90. The zero-order chi connectivity index (χ0) is 12.5. The van der Waals surface area contributed by atoms with E-state index < -0.39 is 5.92 Å². The average Bonchev–Trinajstić information content (AvgIpc) is 2.27. The van der Waals surface area contributed by atoms with Crippen LogP contribution in [0.4, 0.5) is 8.78 Å². The zero-order valence-electron chi connectivity index (χ0n) is 9.58. The van der Waals surface area contributed by atoms with Gasteiger partial charge in [-0.25, -0.2) is 8.78 Å². The van der Waals surface area contributed by atoms with Gasteiger partial charge in [0.2, 0.25) is 0 Å². The highest BCUT2D eigenvalue weighted by Gasteiger charge is 2.32. The van der Waals surface area contributed by atoms with Gasteiger partial charge in [-0.1, -0.05) is 18.2 Å². The SMILES string of the molecule is Cc1cc(C(F)(F)CCN)c2ccccc2n1. The first kappa shape index (κ1) is 11.9. The minimum atomic E-state index is -2.90. The highest BCUT2D eigenvalue weighted by molar-refractivity contribution is 5.83. The van der Waals surface area contributed by atoms with E-state index in [9.17, 15) is 8.78 Å². The number of fused-ring (bicyclic) bond motifs is 1. The number of benzene rings is 1. The number of aromatic nitrogens is 1. The van der Waals surface area contributed by atoms with Gasteiger partial charge in [0.05, 0.1) is 5.52 Å². The minimum Gasteiger partial charge on any atom is -0.330 e. The van der Waals surface area contributed by atoms with Gasteiger partial charge in [0, 0.05) is 23.1 Å². The van der Waals surface area contributed by atoms with Gasteiger partial charge < -0.3 is 5.73 Å². The molecular formula is C13H14F2N2. The van der Waals surface area contributed by atoms with Gasteiger partial charge >= 0.3 is 0 Å². The van der Waals surface area contributed by atoms with Crippen LogP contribution in [0.3, 0.4) is 0 Å². The Morgan fingerprint density at radius 2 is 2.00 bits per heavy atom. The Morgan fingerprint density at radius 1 is 1.29 bits per heavy atom. The lowest BCUT2D eigenvalue weighted by atomic mass is 10.00. The predicted molar refractivity (Wildman–Crippen MR) is 64.0 cm³/mol. The molecule has 2 N–H and O–H groups in total. The van der Waals surface area contributed by atoms with Crippen molar-refractivity contribution in [3.63, 3.8) is 0 Å². The Morgan fingerprint density at radius 3 is 2.71 bits per heavy atom. The van der Waals surface area contributed by atoms with Crippen molar-refractivity contribution >= 4 is 10.9 Å². The molecule has 0 spiro atoms. The zero-order valence-corrected chi connectivity index (χ0v) is 9.58. The third-order valence-electron chi connectivity index (χ3n) is 2.70. The largest absolute Gasteiger partial charge is 0.330 e. The van der Waals surface area contributed by atoms with Gasteiger partial charge in [-0.2, -0.15) is 0 Å². The minimum absolute atomic E-state index is 0.0195. The fourth-order valence-electron chi connectivity index (χ4n) is 1.93. The van der Waals surface area contributed by atoms with Crippen LogP contribution in [-0.4, -0.2) is 11.5 Å². The van der Waals surface area contributed by atoms with E-state index in [2.05, 4.69) is 4.98 Å². The van der Waals surface area contributed by atoms with Crippen LogP contribution in [0.15, 0.2) is 30.3 Å². The lowest BCUT2D eigenvalue weighted by Gasteiger charge is -2.18. The average molecular weight is 236 g/mol. The molecule has 0 amide bonds. The van der Waals surface area contributed by atoms with Crippen LogP contribution in [0.1, 0.15) is 17.7 Å². The quantitative estimate of drug-likeness (QED) is 0.889. The van der Waals surface area contributed by atoms with Crippen LogP contribution in [0.25, 0.3) is 10.9 Å². The number of nitrogens with two attached hydrogens (primary N) is 1. The first-order valence-electron chi connectivity index (χ1n) is 5.49. The summed E-state index contributed by atoms with van der Waals surface area (Å²) in [5, 5.41) is 0.497. The number of hydrogen-bond donors (Lipinski definition) is 1. The van der Waals surface area contributed by atoms with E-state index in [4.69, 9.17) is 5.73 Å². The molecule has 0 fully saturated rings. The molecule has 0 aliphatic rings. The lowest BCUT2D eigenvalue weighted by molar-refractivity contribution is -0.00924. The maximum atomic E-state index is 14.0. The van der Waals surface area contributed by atoms with Gasteiger partial charge in [-0.15, -0.1) is 0 Å². The smallest absolute Gasteiger partial charge is 0.275 e. The van der Waals surface area contributed by atoms with E-state index in [1.54, 1.807) is 31.2 Å². The molecule has 1 aromatic heterocycles. The summed E-state index contributed by atoms with van der Waals surface area (Å²) in [5.41, 5.74) is 6.45. The molecule has 2 aromatic rings. The molecule has 4 heteroatoms. The summed E-state index contributed by atoms with van der Waals surface area (Å²) in [7, 11) is 0. The summed E-state index contributed by atoms with van der Waals surface area (Å²) in [6, 6.07) is 8.38. The highest BCUT2D eigenvalue weighted by Crippen LogP contribution is 2.35. The maximum Gasteiger partial charge on any atom is 0.275 e. The van der Waals surface area contributed by atoms with E-state index >= 15 is 0 Å². The molecule has 0 unspecified atom stereocenters. The van der Waals surface area contributed by atoms with Gasteiger partial charge in [0.15, 0.2) is 0 Å². The number of nitrogens with zero attached hydrogens (tertiary/aromatic N) is 1. The third-order valence-corrected chi connectivity index (χ3v) is 2.70. The van der Waals surface area contributed by atoms with Gasteiger partial charge in [-0.3, -0.25) is 4.98 Å². The molecule has 0 saturated heterocycles. The molecule has 1 aromatic carbocycles. The molecule has 0 atom stereocenters. The number of aryl methyl sites for hydroxylation is 1. The van der Waals surface area contributed by atoms with E-state index in [0.717, 1.165) is 0 Å². The molecule has 0 radical (unpaired) electrons. The number of halogens is 2. The molecule has 17 heavy (non-hydrogen) atoms. The second-order valence-electron chi connectivity index (χ2n) is 4.07. The standard InChI is InChI=1S/C13H14F2N2/c1-9-8-11(13(14,15)6-7-16)10-4-2-3-5-12(10)17-9/h2-5,8H,6-7,16H2,1H3. The number of pyridine rings is 1. The Bertz CT molecular complexity index is 538. The monoisotopic (exact) mass is 236 g/mol. The van der Waals surface area contributed by atoms with Crippen LogP contribution in [0.2, 0.25) is 0 Å². The second kappa shape index (κ2) is 4.37. The van der Waals surface area contributed by atoms with Gasteiger partial charge in [-0.05, 0) is 25.6 Å². The fraction of sp³-hybridized carbons (Fsp3) is 0.308. The molecule has 0 aliphatic carbocycles. The van der Waals surface area contributed by atoms with Crippen molar-refractivity contribution in [2.24, 2.45) is 5.73 Å². The van der Waals surface area contributed by atoms with E-state index in [1.165, 1.54) is 6.07 Å². The van der Waals surface area contributed by atoms with Crippen LogP contribution in [0, 0.1) is 6.92 Å². The number of alkyl halides is 2. The summed E-state index contributed by atoms with van der Waals surface area (Å²) < 4.78 is 27.9. The van der Waals surface area contributed by atoms with Crippen LogP contribution >= 0.6 is 0 Å². The first-order valence-corrected chi connectivity index (χ1v) is 5.49. The second-order valence-corrected chi connectivity index (χ2v) is 4.07. The molecule has 2 nitrogen and oxygen atoms in total. The van der Waals surface area contributed by atoms with Crippen molar-refractivity contribution in [1.29, 1.82) is 0 Å². The Balaban J connectivity index is 2.67. The fourth-order valence-corrected chi connectivity index (χ4v) is 1.93. The predicted octanol–water partition coefficient (Wildman–Crippen LogP) is 2.98. The number of hydrogen-bond acceptors (Lipinski definition) is 2. The maximum absolute atomic E-state index is 14.0. The van der Waals surface area contributed by atoms with Crippen molar-refractivity contribution in [2.75, 3.05) is 6.54 Å². The van der Waals surface area contributed by atoms with E-state index in [1.807, 2.05) is 0 Å². The highest BCUT2D eigenvalue weighted by atomic mass is 19.3. The summed E-state index contributed by atoms with van der Waals surface area (Å²) in [6.45, 7) is 1.68. The van der Waals surface area contributed by atoms with Crippen molar-refractivity contribution in [1.82, 2.24) is 4.98 Å². The molecule has 1 heterocycles. The van der Waals surface area contributed by atoms with E-state index in [-0.39, 0.29) is 18.5 Å². The molecule has 0 aliphatic heterocycles. The third kappa shape index (κ3) is 2.26. The summed E-state index contributed by atoms with van der Waals surface area (Å²) in [6.07, 6.45) is -0.347. The lowest BCUT2D eigenvalue weighted by Crippen LogP contribution is -2.19. The molecule has 0 bridgehead atoms.